The first-order chi connectivity index (χ1) is 18.5. The van der Waals surface area contributed by atoms with Gasteiger partial charge in [-0.05, 0) is 49.1 Å². The number of hydrogen-bond acceptors (Lipinski definition) is 6. The van der Waals surface area contributed by atoms with Gasteiger partial charge in [-0.1, -0.05) is 35.4 Å². The molecule has 6 atom stereocenters. The molecule has 8 nitrogen and oxygen atoms in total. The lowest BCUT2D eigenvalue weighted by Gasteiger charge is -2.50. The predicted octanol–water partition coefficient (Wildman–Crippen LogP) is 4.25. The smallest absolute Gasteiger partial charge is 0.253 e. The number of methoxy groups -OCH3 is 1. The van der Waals surface area contributed by atoms with Crippen LogP contribution in [0.4, 0.5) is 5.69 Å². The van der Waals surface area contributed by atoms with Crippen LogP contribution in [0.3, 0.4) is 0 Å². The van der Waals surface area contributed by atoms with E-state index in [9.17, 15) is 24.3 Å². The van der Waals surface area contributed by atoms with Gasteiger partial charge in [0.25, 0.3) is 11.8 Å². The third kappa shape index (κ3) is 3.25. The molecule has 1 N–H and O–H groups in total. The topological polar surface area (TPSA) is 104 Å². The van der Waals surface area contributed by atoms with Crippen LogP contribution in [0.15, 0.2) is 54.1 Å². The Labute approximate surface area is 239 Å². The zero-order valence-corrected chi connectivity index (χ0v) is 23.1. The summed E-state index contributed by atoms with van der Waals surface area (Å²) in [7, 11) is 2.70. The van der Waals surface area contributed by atoms with Gasteiger partial charge in [-0.25, -0.2) is 0 Å². The minimum Gasteiger partial charge on any atom is -0.504 e. The molecule has 1 saturated carbocycles. The van der Waals surface area contributed by atoms with E-state index in [0.717, 1.165) is 9.80 Å². The van der Waals surface area contributed by atoms with Crippen LogP contribution in [0.2, 0.25) is 5.02 Å². The standard InChI is InChI=1S/C28H23Cl3N2O6/c1-32-25(37)27(30)12-18-15(21(28(27,31)26(32)38)17-4-3-5-19(39-2)22(17)34)10-11-16-20(18)24(36)33(23(16)35)14-8-6-13(29)7-9-14/h3-10,16,18,20-21,34H,11-12H2,1-2H3. The Morgan fingerprint density at radius 2 is 1.67 bits per heavy atom. The average Bonchev–Trinajstić information content (AvgIpc) is 3.25. The van der Waals surface area contributed by atoms with Gasteiger partial charge in [0.2, 0.25) is 11.8 Å². The first-order valence-electron chi connectivity index (χ1n) is 12.4. The number of halogens is 3. The van der Waals surface area contributed by atoms with Crippen molar-refractivity contribution < 1.29 is 29.0 Å². The van der Waals surface area contributed by atoms with E-state index in [2.05, 4.69) is 0 Å². The molecule has 2 aromatic carbocycles. The molecule has 4 amide bonds. The van der Waals surface area contributed by atoms with Crippen molar-refractivity contribution in [1.29, 1.82) is 0 Å². The summed E-state index contributed by atoms with van der Waals surface area (Å²) in [4.78, 5) is 52.7. The summed E-state index contributed by atoms with van der Waals surface area (Å²) >= 11 is 20.3. The Morgan fingerprint density at radius 1 is 0.974 bits per heavy atom. The van der Waals surface area contributed by atoms with Gasteiger partial charge in [0.05, 0.1) is 24.6 Å². The van der Waals surface area contributed by atoms with Gasteiger partial charge in [0.15, 0.2) is 21.2 Å². The molecule has 0 radical (unpaired) electrons. The highest BCUT2D eigenvalue weighted by molar-refractivity contribution is 6.53. The summed E-state index contributed by atoms with van der Waals surface area (Å²) in [6.45, 7) is 0. The number of allylic oxidation sites excluding steroid dienone is 2. The lowest BCUT2D eigenvalue weighted by atomic mass is 9.56. The van der Waals surface area contributed by atoms with Crippen LogP contribution in [-0.2, 0) is 19.2 Å². The normalized spacial score (nSPS) is 33.6. The third-order valence-electron chi connectivity index (χ3n) is 8.66. The summed E-state index contributed by atoms with van der Waals surface area (Å²) in [5.41, 5.74) is 1.22. The first-order valence-corrected chi connectivity index (χ1v) is 13.5. The van der Waals surface area contributed by atoms with E-state index in [0.29, 0.717) is 16.3 Å². The zero-order chi connectivity index (χ0) is 28.0. The summed E-state index contributed by atoms with van der Waals surface area (Å²) in [6, 6.07) is 11.2. The van der Waals surface area contributed by atoms with Gasteiger partial charge in [-0.3, -0.25) is 29.0 Å². The Bertz CT molecular complexity index is 1490. The molecule has 6 rings (SSSR count). The fraction of sp³-hybridized carbons (Fsp3) is 0.357. The Hall–Kier alpha value is -3.07. The number of anilines is 1. The number of carbonyl (C=O) groups excluding carboxylic acids is 4. The lowest BCUT2D eigenvalue weighted by Crippen LogP contribution is -2.60. The van der Waals surface area contributed by atoms with Gasteiger partial charge in [0, 0.05) is 23.6 Å². The van der Waals surface area contributed by atoms with Crippen LogP contribution in [0.1, 0.15) is 24.3 Å². The molecule has 11 heteroatoms. The van der Waals surface area contributed by atoms with Gasteiger partial charge in [0.1, 0.15) is 0 Å². The second-order valence-corrected chi connectivity index (χ2v) is 12.1. The number of phenols is 1. The maximum absolute atomic E-state index is 13.9. The molecular formula is C28H23Cl3N2O6. The fourth-order valence-corrected chi connectivity index (χ4v) is 8.01. The van der Waals surface area contributed by atoms with Crippen molar-refractivity contribution in [3.05, 3.63) is 64.7 Å². The van der Waals surface area contributed by atoms with Crippen LogP contribution >= 0.6 is 34.8 Å². The molecule has 0 bridgehead atoms. The highest BCUT2D eigenvalue weighted by atomic mass is 35.5. The number of hydrogen-bond donors (Lipinski definition) is 1. The Morgan fingerprint density at radius 3 is 2.33 bits per heavy atom. The number of carbonyl (C=O) groups is 4. The molecule has 39 heavy (non-hydrogen) atoms. The average molecular weight is 590 g/mol. The van der Waals surface area contributed by atoms with Crippen molar-refractivity contribution in [2.75, 3.05) is 19.1 Å². The number of fused-ring (bicyclic) bond motifs is 4. The van der Waals surface area contributed by atoms with Gasteiger partial charge in [-0.2, -0.15) is 0 Å². The maximum Gasteiger partial charge on any atom is 0.253 e. The number of imide groups is 2. The van der Waals surface area contributed by atoms with Crippen molar-refractivity contribution in [2.45, 2.75) is 28.5 Å². The van der Waals surface area contributed by atoms with Crippen LogP contribution in [0, 0.1) is 17.8 Å². The summed E-state index contributed by atoms with van der Waals surface area (Å²) in [6.07, 6.45) is 1.89. The number of alkyl halides is 2. The predicted molar refractivity (Wildman–Crippen MR) is 144 cm³/mol. The molecule has 2 aliphatic carbocycles. The van der Waals surface area contributed by atoms with E-state index in [4.69, 9.17) is 39.5 Å². The van der Waals surface area contributed by atoms with E-state index < -0.39 is 51.1 Å². The number of likely N-dealkylation sites (tertiary alicyclic amines) is 1. The highest BCUT2D eigenvalue weighted by Crippen LogP contribution is 2.66. The van der Waals surface area contributed by atoms with E-state index >= 15 is 0 Å². The van der Waals surface area contributed by atoms with Crippen LogP contribution < -0.4 is 9.64 Å². The second-order valence-electron chi connectivity index (χ2n) is 10.4. The number of ether oxygens (including phenoxy) is 1. The quantitative estimate of drug-likeness (QED) is 0.326. The molecule has 4 aliphatic rings. The third-order valence-corrected chi connectivity index (χ3v) is 10.3. The van der Waals surface area contributed by atoms with E-state index in [1.54, 1.807) is 42.5 Å². The number of amides is 4. The lowest BCUT2D eigenvalue weighted by molar-refractivity contribution is -0.138. The van der Waals surface area contributed by atoms with Gasteiger partial charge >= 0.3 is 0 Å². The van der Waals surface area contributed by atoms with Crippen molar-refractivity contribution in [3.8, 4) is 11.5 Å². The van der Waals surface area contributed by atoms with Crippen LogP contribution in [0.25, 0.3) is 0 Å². The zero-order valence-electron chi connectivity index (χ0n) is 20.9. The molecule has 2 heterocycles. The Kier molecular flexibility index (Phi) is 5.85. The number of nitrogens with zero attached hydrogens (tertiary/aromatic N) is 2. The molecule has 202 valence electrons. The van der Waals surface area contributed by atoms with E-state index in [-0.39, 0.29) is 35.8 Å². The first kappa shape index (κ1) is 26.2. The van der Waals surface area contributed by atoms with Crippen molar-refractivity contribution in [1.82, 2.24) is 4.90 Å². The molecule has 3 fully saturated rings. The highest BCUT2D eigenvalue weighted by Gasteiger charge is 2.76. The molecule has 2 saturated heterocycles. The SMILES string of the molecule is COc1cccc(C2C3=CCC4C(=O)N(c5ccc(Cl)cc5)C(=O)C4C3CC3(Cl)C(=O)N(C)C(=O)C23Cl)c1O. The number of phenolic OH excluding ortho intramolecular Hbond substituents is 1. The number of rotatable bonds is 3. The van der Waals surface area contributed by atoms with E-state index in [1.165, 1.54) is 14.2 Å². The largest absolute Gasteiger partial charge is 0.504 e. The van der Waals surface area contributed by atoms with Crippen molar-refractivity contribution in [3.63, 3.8) is 0 Å². The van der Waals surface area contributed by atoms with Crippen molar-refractivity contribution in [2.24, 2.45) is 17.8 Å². The van der Waals surface area contributed by atoms with Crippen molar-refractivity contribution >= 4 is 64.1 Å². The minimum atomic E-state index is -1.99. The molecule has 2 aromatic rings. The number of benzene rings is 2. The van der Waals surface area contributed by atoms with Gasteiger partial charge < -0.3 is 9.84 Å². The second kappa shape index (κ2) is 8.71. The fourth-order valence-electron chi connectivity index (χ4n) is 6.87. The summed E-state index contributed by atoms with van der Waals surface area (Å²) < 4.78 is 5.30. The van der Waals surface area contributed by atoms with Gasteiger partial charge in [-0.15, -0.1) is 23.2 Å². The maximum atomic E-state index is 13.9. The molecule has 0 spiro atoms. The molecule has 2 aliphatic heterocycles. The number of para-hydroxylation sites is 1. The minimum absolute atomic E-state index is 0.130. The Balaban J connectivity index is 1.53. The van der Waals surface area contributed by atoms with Crippen LogP contribution in [0.5, 0.6) is 11.5 Å². The van der Waals surface area contributed by atoms with Crippen LogP contribution in [-0.4, -0.2) is 57.5 Å². The molecular weight excluding hydrogens is 567 g/mol. The molecule has 0 aromatic heterocycles. The summed E-state index contributed by atoms with van der Waals surface area (Å²) in [5, 5.41) is 11.6. The summed E-state index contributed by atoms with van der Waals surface area (Å²) in [5.74, 6) is -5.57. The number of aromatic hydroxyl groups is 1. The van der Waals surface area contributed by atoms with E-state index in [1.807, 2.05) is 6.08 Å². The molecule has 6 unspecified atom stereocenters. The monoisotopic (exact) mass is 588 g/mol.